The molecule has 7 rings (SSSR count). The molecule has 3 atom stereocenters. The molecule has 2 aromatic heterocycles. The van der Waals surface area contributed by atoms with Crippen molar-refractivity contribution in [3.05, 3.63) is 71.0 Å². The Hall–Kier alpha value is -3.09. The van der Waals surface area contributed by atoms with Gasteiger partial charge < -0.3 is 24.1 Å². The van der Waals surface area contributed by atoms with Gasteiger partial charge in [-0.2, -0.15) is 0 Å². The Labute approximate surface area is 275 Å². The van der Waals surface area contributed by atoms with Crippen LogP contribution >= 0.6 is 0 Å². The lowest BCUT2D eigenvalue weighted by Crippen LogP contribution is -2.48. The molecule has 4 aromatic rings. The van der Waals surface area contributed by atoms with Crippen LogP contribution in [0.25, 0.3) is 21.8 Å². The van der Waals surface area contributed by atoms with Gasteiger partial charge in [0.25, 0.3) is 0 Å². The number of fused-ring (bicyclic) bond motifs is 4. The highest BCUT2D eigenvalue weighted by atomic mass is 16.5. The van der Waals surface area contributed by atoms with Gasteiger partial charge in [0, 0.05) is 53.7 Å². The predicted molar refractivity (Wildman–Crippen MR) is 189 cm³/mol. The van der Waals surface area contributed by atoms with Crippen molar-refractivity contribution in [3.63, 3.8) is 0 Å². The summed E-state index contributed by atoms with van der Waals surface area (Å²) in [5.41, 5.74) is 6.42. The second-order valence-electron chi connectivity index (χ2n) is 14.4. The average molecular weight is 623 g/mol. The lowest BCUT2D eigenvalue weighted by Gasteiger charge is -2.39. The quantitative estimate of drug-likeness (QED) is 0.184. The normalized spacial score (nSPS) is 24.4. The van der Waals surface area contributed by atoms with Crippen LogP contribution in [0.2, 0.25) is 0 Å². The van der Waals surface area contributed by atoms with E-state index in [-0.39, 0.29) is 5.97 Å². The molecule has 3 unspecified atom stereocenters. The summed E-state index contributed by atoms with van der Waals surface area (Å²) < 4.78 is 8.25. The monoisotopic (exact) mass is 622 g/mol. The fourth-order valence-corrected chi connectivity index (χ4v) is 9.39. The fourth-order valence-electron chi connectivity index (χ4n) is 9.39. The van der Waals surface area contributed by atoms with Gasteiger partial charge >= 0.3 is 5.97 Å². The summed E-state index contributed by atoms with van der Waals surface area (Å²) in [7, 11) is 1.58. The molecule has 6 nitrogen and oxygen atoms in total. The van der Waals surface area contributed by atoms with E-state index in [1.807, 2.05) is 0 Å². The molecular weight excluding hydrogens is 568 g/mol. The maximum Gasteiger partial charge on any atom is 0.338 e. The number of likely N-dealkylation sites (tertiary alicyclic amines) is 2. The Kier molecular flexibility index (Phi) is 9.29. The van der Waals surface area contributed by atoms with E-state index in [4.69, 9.17) is 4.74 Å². The molecule has 6 heteroatoms. The Morgan fingerprint density at radius 2 is 1.48 bits per heavy atom. The molecule has 0 amide bonds. The van der Waals surface area contributed by atoms with E-state index < -0.39 is 5.54 Å². The highest BCUT2D eigenvalue weighted by Gasteiger charge is 2.50. The van der Waals surface area contributed by atoms with Crippen molar-refractivity contribution >= 4 is 27.8 Å². The van der Waals surface area contributed by atoms with Crippen molar-refractivity contribution in [1.82, 2.24) is 19.4 Å². The van der Waals surface area contributed by atoms with Gasteiger partial charge in [-0.25, -0.2) is 4.79 Å². The summed E-state index contributed by atoms with van der Waals surface area (Å²) in [6.45, 7) is 11.5. The number of hydrogen-bond acceptors (Lipinski definition) is 4. The molecule has 5 heterocycles. The van der Waals surface area contributed by atoms with Gasteiger partial charge in [0.15, 0.2) is 5.54 Å². The number of nitrogens with one attached hydrogen (secondary N) is 1. The first-order valence-corrected chi connectivity index (χ1v) is 18.3. The van der Waals surface area contributed by atoms with E-state index in [0.29, 0.717) is 0 Å². The fraction of sp³-hybridized carbons (Fsp3) is 0.575. The molecule has 0 radical (unpaired) electrons. The zero-order valence-electron chi connectivity index (χ0n) is 28.5. The molecule has 3 aliphatic rings. The molecule has 3 aliphatic heterocycles. The number of esters is 1. The SMILES string of the molecule is CCC1CCCN(CCc2c(C3(C(=O)OC)CCCc4c(CCN5CCCC(CC)C5)c5ccccc5n43)[nH]c3ccccc23)C1. The van der Waals surface area contributed by atoms with E-state index in [0.717, 1.165) is 73.8 Å². The van der Waals surface area contributed by atoms with Gasteiger partial charge in [0.05, 0.1) is 12.8 Å². The third-order valence-electron chi connectivity index (χ3n) is 11.9. The average Bonchev–Trinajstić information content (AvgIpc) is 3.65. The van der Waals surface area contributed by atoms with Crippen molar-refractivity contribution in [2.45, 2.75) is 90.0 Å². The molecule has 46 heavy (non-hydrogen) atoms. The molecule has 0 aliphatic carbocycles. The van der Waals surface area contributed by atoms with Crippen LogP contribution in [0.4, 0.5) is 0 Å². The summed E-state index contributed by atoms with van der Waals surface area (Å²) in [5, 5.41) is 2.54. The van der Waals surface area contributed by atoms with Gasteiger partial charge in [0.2, 0.25) is 0 Å². The first-order chi connectivity index (χ1) is 22.6. The van der Waals surface area contributed by atoms with Gasteiger partial charge in [-0.3, -0.25) is 0 Å². The van der Waals surface area contributed by atoms with Crippen molar-refractivity contribution in [1.29, 1.82) is 0 Å². The van der Waals surface area contributed by atoms with Gasteiger partial charge in [-0.1, -0.05) is 63.1 Å². The van der Waals surface area contributed by atoms with E-state index in [9.17, 15) is 4.79 Å². The van der Waals surface area contributed by atoms with Crippen LogP contribution < -0.4 is 0 Å². The minimum Gasteiger partial charge on any atom is -0.467 e. The number of nitrogens with zero attached hydrogens (tertiary/aromatic N) is 3. The summed E-state index contributed by atoms with van der Waals surface area (Å²) in [5.74, 6) is 1.46. The Morgan fingerprint density at radius 1 is 0.848 bits per heavy atom. The molecule has 0 spiro atoms. The summed E-state index contributed by atoms with van der Waals surface area (Å²) in [4.78, 5) is 23.7. The van der Waals surface area contributed by atoms with Crippen LogP contribution in [0.3, 0.4) is 0 Å². The highest BCUT2D eigenvalue weighted by Crippen LogP contribution is 2.46. The maximum absolute atomic E-state index is 14.5. The van der Waals surface area contributed by atoms with Crippen LogP contribution in [0.15, 0.2) is 48.5 Å². The van der Waals surface area contributed by atoms with Gasteiger partial charge in [-0.05, 0) is 106 Å². The zero-order valence-corrected chi connectivity index (χ0v) is 28.5. The van der Waals surface area contributed by atoms with Crippen molar-refractivity contribution < 1.29 is 9.53 Å². The molecular formula is C40H54N4O2. The van der Waals surface area contributed by atoms with Crippen molar-refractivity contribution in [2.75, 3.05) is 46.4 Å². The van der Waals surface area contributed by atoms with E-state index in [2.05, 4.69) is 81.7 Å². The van der Waals surface area contributed by atoms with E-state index in [1.165, 1.54) is 92.3 Å². The van der Waals surface area contributed by atoms with Crippen LogP contribution in [0.5, 0.6) is 0 Å². The number of hydrogen-bond donors (Lipinski definition) is 1. The van der Waals surface area contributed by atoms with Crippen LogP contribution in [-0.4, -0.2) is 71.7 Å². The minimum absolute atomic E-state index is 0.153. The van der Waals surface area contributed by atoms with Crippen molar-refractivity contribution in [2.24, 2.45) is 11.8 Å². The number of para-hydroxylation sites is 2. The number of H-pyrrole nitrogens is 1. The van der Waals surface area contributed by atoms with Gasteiger partial charge in [-0.15, -0.1) is 0 Å². The Morgan fingerprint density at radius 3 is 2.15 bits per heavy atom. The molecule has 0 bridgehead atoms. The van der Waals surface area contributed by atoms with E-state index >= 15 is 0 Å². The first-order valence-electron chi connectivity index (χ1n) is 18.3. The largest absolute Gasteiger partial charge is 0.467 e. The van der Waals surface area contributed by atoms with Gasteiger partial charge in [0.1, 0.15) is 0 Å². The lowest BCUT2D eigenvalue weighted by molar-refractivity contribution is -0.150. The number of methoxy groups -OCH3 is 1. The topological polar surface area (TPSA) is 53.5 Å². The maximum atomic E-state index is 14.5. The Bertz CT molecular complexity index is 1670. The van der Waals surface area contributed by atoms with Crippen LogP contribution in [0, 0.1) is 11.8 Å². The molecule has 246 valence electrons. The number of piperidine rings is 2. The third kappa shape index (κ3) is 5.60. The molecule has 2 fully saturated rings. The molecule has 0 saturated carbocycles. The number of aromatic nitrogens is 2. The van der Waals surface area contributed by atoms with Crippen LogP contribution in [0.1, 0.15) is 87.7 Å². The second-order valence-corrected chi connectivity index (χ2v) is 14.4. The molecule has 2 aromatic carbocycles. The summed E-state index contributed by atoms with van der Waals surface area (Å²) >= 11 is 0. The number of ether oxygens (including phenoxy) is 1. The number of carbonyl (C=O) groups is 1. The number of carbonyl (C=O) groups excluding carboxylic acids is 1. The summed E-state index contributed by atoms with van der Waals surface area (Å²) in [6.07, 6.45) is 12.4. The Balaban J connectivity index is 1.33. The number of aromatic amines is 1. The first kappa shape index (κ1) is 31.5. The molecule has 2 saturated heterocycles. The smallest absolute Gasteiger partial charge is 0.338 e. The minimum atomic E-state index is -0.930. The second kappa shape index (κ2) is 13.6. The zero-order chi connectivity index (χ0) is 31.7. The number of benzene rings is 2. The highest BCUT2D eigenvalue weighted by molar-refractivity contribution is 5.94. The van der Waals surface area contributed by atoms with E-state index in [1.54, 1.807) is 7.11 Å². The third-order valence-corrected chi connectivity index (χ3v) is 11.9. The number of rotatable bonds is 10. The predicted octanol–water partition coefficient (Wildman–Crippen LogP) is 7.70. The molecule has 1 N–H and O–H groups in total. The van der Waals surface area contributed by atoms with Crippen molar-refractivity contribution in [3.8, 4) is 0 Å². The standard InChI is InChI=1S/C40H54N4O2/c1-4-29-13-11-23-42(27-29)25-20-33-32-16-7-9-18-36(32)44-37(33)19-10-22-40(44,39(45)46-3)38-34(31-15-6-8-17-35(31)41-38)21-26-43-24-12-14-30(5-2)28-43/h6-9,15-18,29-30,41H,4-5,10-14,19-28H2,1-3H3. The lowest BCUT2D eigenvalue weighted by atomic mass is 9.81. The van der Waals surface area contributed by atoms with Crippen LogP contribution in [-0.2, 0) is 34.3 Å². The summed E-state index contributed by atoms with van der Waals surface area (Å²) in [6, 6.07) is 17.5.